The number of carbonyl (C=O) groups is 1. The minimum absolute atomic E-state index is 0.0370. The fourth-order valence-electron chi connectivity index (χ4n) is 2.72. The summed E-state index contributed by atoms with van der Waals surface area (Å²) in [4.78, 5) is 12.6. The van der Waals surface area contributed by atoms with Gasteiger partial charge in [-0.2, -0.15) is 0 Å². The van der Waals surface area contributed by atoms with Crippen molar-refractivity contribution in [1.29, 1.82) is 0 Å². The van der Waals surface area contributed by atoms with Crippen LogP contribution in [0.25, 0.3) is 0 Å². The average molecular weight is 384 g/mol. The van der Waals surface area contributed by atoms with Crippen LogP contribution in [0.5, 0.6) is 0 Å². The molecule has 0 spiro atoms. The normalized spacial score (nSPS) is 11.9. The third-order valence-electron chi connectivity index (χ3n) is 4.01. The Hall–Kier alpha value is -2.18. The van der Waals surface area contributed by atoms with Gasteiger partial charge in [0.1, 0.15) is 0 Å². The molecule has 0 unspecified atom stereocenters. The van der Waals surface area contributed by atoms with Gasteiger partial charge in [0.15, 0.2) is 4.34 Å². The van der Waals surface area contributed by atoms with E-state index in [0.717, 1.165) is 22.1 Å². The molecular weight excluding hydrogens is 362 g/mol. The summed E-state index contributed by atoms with van der Waals surface area (Å²) in [5, 5.41) is 11.8. The second kappa shape index (κ2) is 8.96. The number of amides is 1. The molecule has 2 aromatic carbocycles. The highest BCUT2D eigenvalue weighted by Gasteiger charge is 2.20. The quantitative estimate of drug-likeness (QED) is 0.446. The van der Waals surface area contributed by atoms with Gasteiger partial charge < -0.3 is 0 Å². The van der Waals surface area contributed by atoms with E-state index in [0.29, 0.717) is 5.13 Å². The van der Waals surface area contributed by atoms with Crippen LogP contribution in [0.2, 0.25) is 0 Å². The van der Waals surface area contributed by atoms with Gasteiger partial charge in [-0.05, 0) is 24.5 Å². The number of anilines is 1. The summed E-state index contributed by atoms with van der Waals surface area (Å²) in [6.45, 7) is 4.10. The van der Waals surface area contributed by atoms with Crippen molar-refractivity contribution in [2.45, 2.75) is 36.3 Å². The minimum atomic E-state index is -0.177. The average Bonchev–Trinajstić information content (AvgIpc) is 3.09. The van der Waals surface area contributed by atoms with Crippen molar-refractivity contribution in [2.75, 3.05) is 5.32 Å². The lowest BCUT2D eigenvalue weighted by atomic mass is 9.96. The lowest BCUT2D eigenvalue weighted by molar-refractivity contribution is -0.117. The number of carbonyl (C=O) groups excluding carboxylic acids is 1. The summed E-state index contributed by atoms with van der Waals surface area (Å²) >= 11 is 3.05. The number of hydrogen-bond acceptors (Lipinski definition) is 5. The zero-order valence-corrected chi connectivity index (χ0v) is 16.4. The molecule has 3 rings (SSSR count). The molecule has 0 aliphatic rings. The van der Waals surface area contributed by atoms with E-state index in [1.54, 1.807) is 11.8 Å². The lowest BCUT2D eigenvalue weighted by Crippen LogP contribution is -2.20. The van der Waals surface area contributed by atoms with E-state index in [9.17, 15) is 4.79 Å². The Morgan fingerprint density at radius 3 is 2.69 bits per heavy atom. The summed E-state index contributed by atoms with van der Waals surface area (Å²) in [7, 11) is 0. The number of rotatable bonds is 7. The highest BCUT2D eigenvalue weighted by atomic mass is 32.2. The van der Waals surface area contributed by atoms with E-state index in [4.69, 9.17) is 0 Å². The van der Waals surface area contributed by atoms with Crippen LogP contribution in [-0.4, -0.2) is 16.1 Å². The molecule has 0 fully saturated rings. The van der Waals surface area contributed by atoms with Gasteiger partial charge in [-0.15, -0.1) is 10.2 Å². The number of benzene rings is 2. The van der Waals surface area contributed by atoms with E-state index >= 15 is 0 Å². The molecule has 0 bridgehead atoms. The second-order valence-electron chi connectivity index (χ2n) is 6.01. The molecule has 0 aliphatic heterocycles. The number of thioether (sulfide) groups is 1. The Labute approximate surface area is 162 Å². The van der Waals surface area contributed by atoms with Gasteiger partial charge in [-0.25, -0.2) is 0 Å². The van der Waals surface area contributed by atoms with Crippen LogP contribution < -0.4 is 5.32 Å². The smallest absolute Gasteiger partial charge is 0.233 e. The van der Waals surface area contributed by atoms with Crippen LogP contribution in [0.3, 0.4) is 0 Å². The van der Waals surface area contributed by atoms with Crippen molar-refractivity contribution < 1.29 is 4.79 Å². The monoisotopic (exact) mass is 383 g/mol. The van der Waals surface area contributed by atoms with Crippen molar-refractivity contribution in [3.05, 3.63) is 71.3 Å². The first-order valence-corrected chi connectivity index (χ1v) is 10.3. The number of aromatic nitrogens is 2. The van der Waals surface area contributed by atoms with E-state index in [2.05, 4.69) is 46.7 Å². The first-order valence-electron chi connectivity index (χ1n) is 8.53. The molecule has 134 valence electrons. The number of hydrogen-bond donors (Lipinski definition) is 1. The van der Waals surface area contributed by atoms with Crippen LogP contribution in [0, 0.1) is 6.92 Å². The minimum Gasteiger partial charge on any atom is -0.300 e. The van der Waals surface area contributed by atoms with Crippen molar-refractivity contribution in [2.24, 2.45) is 0 Å². The topological polar surface area (TPSA) is 54.9 Å². The van der Waals surface area contributed by atoms with Gasteiger partial charge in [0.25, 0.3) is 0 Å². The van der Waals surface area contributed by atoms with E-state index in [-0.39, 0.29) is 11.8 Å². The fourth-order valence-corrected chi connectivity index (χ4v) is 4.41. The summed E-state index contributed by atoms with van der Waals surface area (Å²) in [6, 6.07) is 18.3. The Bertz CT molecular complexity index is 864. The molecule has 4 nitrogen and oxygen atoms in total. The SMILES string of the molecule is CC[C@@H](C(=O)Nc1nnc(SCc2cccc(C)c2)s1)c1ccccc1. The van der Waals surface area contributed by atoms with Crippen molar-refractivity contribution in [3.63, 3.8) is 0 Å². The molecule has 0 saturated carbocycles. The molecule has 3 aromatic rings. The Morgan fingerprint density at radius 1 is 1.15 bits per heavy atom. The third kappa shape index (κ3) is 4.93. The second-order valence-corrected chi connectivity index (χ2v) is 8.21. The molecule has 1 atom stereocenters. The van der Waals surface area contributed by atoms with Gasteiger partial charge in [-0.3, -0.25) is 10.1 Å². The molecular formula is C20H21N3OS2. The highest BCUT2D eigenvalue weighted by Crippen LogP contribution is 2.29. The van der Waals surface area contributed by atoms with Gasteiger partial charge in [0.2, 0.25) is 11.0 Å². The van der Waals surface area contributed by atoms with Crippen molar-refractivity contribution in [3.8, 4) is 0 Å². The molecule has 1 N–H and O–H groups in total. The van der Waals surface area contributed by atoms with Gasteiger partial charge in [-0.1, -0.05) is 90.2 Å². The Kier molecular flexibility index (Phi) is 6.41. The van der Waals surface area contributed by atoms with Crippen molar-refractivity contribution >= 4 is 34.1 Å². The Balaban J connectivity index is 1.60. The van der Waals surface area contributed by atoms with Crippen LogP contribution in [0.15, 0.2) is 58.9 Å². The summed E-state index contributed by atoms with van der Waals surface area (Å²) in [5.41, 5.74) is 3.52. The third-order valence-corrected chi connectivity index (χ3v) is 6.05. The predicted octanol–water partition coefficient (Wildman–Crippen LogP) is 5.27. The molecule has 0 aliphatic carbocycles. The molecule has 1 aromatic heterocycles. The molecule has 0 radical (unpaired) electrons. The molecule has 1 heterocycles. The Morgan fingerprint density at radius 2 is 1.96 bits per heavy atom. The van der Waals surface area contributed by atoms with Crippen molar-refractivity contribution in [1.82, 2.24) is 10.2 Å². The highest BCUT2D eigenvalue weighted by molar-refractivity contribution is 8.00. The molecule has 1 amide bonds. The lowest BCUT2D eigenvalue weighted by Gasteiger charge is -2.13. The zero-order valence-electron chi connectivity index (χ0n) is 14.8. The van der Waals surface area contributed by atoms with Crippen LogP contribution in [0.1, 0.15) is 36.0 Å². The first-order chi connectivity index (χ1) is 12.7. The number of aryl methyl sites for hydroxylation is 1. The summed E-state index contributed by atoms with van der Waals surface area (Å²) < 4.78 is 0.856. The molecule has 0 saturated heterocycles. The maximum absolute atomic E-state index is 12.6. The van der Waals surface area contributed by atoms with Gasteiger partial charge >= 0.3 is 0 Å². The maximum Gasteiger partial charge on any atom is 0.233 e. The van der Waals surface area contributed by atoms with Crippen LogP contribution >= 0.6 is 23.1 Å². The maximum atomic E-state index is 12.6. The summed E-state index contributed by atoms with van der Waals surface area (Å²) in [6.07, 6.45) is 0.740. The summed E-state index contributed by atoms with van der Waals surface area (Å²) in [5.74, 6) is 0.625. The van der Waals surface area contributed by atoms with Crippen LogP contribution in [0.4, 0.5) is 5.13 Å². The largest absolute Gasteiger partial charge is 0.300 e. The van der Waals surface area contributed by atoms with Crippen LogP contribution in [-0.2, 0) is 10.5 Å². The first kappa shape index (κ1) is 18.6. The van der Waals surface area contributed by atoms with Gasteiger partial charge in [0.05, 0.1) is 5.92 Å². The van der Waals surface area contributed by atoms with E-state index in [1.165, 1.54) is 22.5 Å². The number of nitrogens with one attached hydrogen (secondary N) is 1. The zero-order chi connectivity index (χ0) is 18.4. The van der Waals surface area contributed by atoms with E-state index < -0.39 is 0 Å². The van der Waals surface area contributed by atoms with Gasteiger partial charge in [0, 0.05) is 5.75 Å². The standard InChI is InChI=1S/C20H21N3OS2/c1-3-17(16-10-5-4-6-11-16)18(24)21-19-22-23-20(26-19)25-13-15-9-7-8-14(2)12-15/h4-12,17H,3,13H2,1-2H3,(H,21,22,24)/t17-/m1/s1. The van der Waals surface area contributed by atoms with E-state index in [1.807, 2.05) is 37.3 Å². The predicted molar refractivity (Wildman–Crippen MR) is 109 cm³/mol. The molecule has 26 heavy (non-hydrogen) atoms. The molecule has 6 heteroatoms. The fraction of sp³-hybridized carbons (Fsp3) is 0.250. The number of nitrogens with zero attached hydrogens (tertiary/aromatic N) is 2.